The molecule has 1 atom stereocenters. The van der Waals surface area contributed by atoms with Crippen LogP contribution in [0.25, 0.3) is 17.0 Å². The minimum absolute atomic E-state index is 0.0819. The van der Waals surface area contributed by atoms with E-state index in [2.05, 4.69) is 25.8 Å². The topological polar surface area (TPSA) is 97.3 Å². The highest BCUT2D eigenvalue weighted by Crippen LogP contribution is 2.34. The van der Waals surface area contributed by atoms with E-state index in [0.717, 1.165) is 0 Å². The lowest BCUT2D eigenvalue weighted by Gasteiger charge is -2.08. The van der Waals surface area contributed by atoms with Crippen molar-refractivity contribution in [2.24, 2.45) is 0 Å². The van der Waals surface area contributed by atoms with E-state index >= 15 is 0 Å². The molecule has 1 amide bonds. The second-order valence-electron chi connectivity index (χ2n) is 7.17. The maximum Gasteiger partial charge on any atom is 0.274 e. The molecule has 1 aliphatic rings. The molecule has 0 bridgehead atoms. The van der Waals surface area contributed by atoms with E-state index in [1.807, 2.05) is 6.07 Å². The summed E-state index contributed by atoms with van der Waals surface area (Å²) in [5, 5.41) is 9.62. The predicted molar refractivity (Wildman–Crippen MR) is 108 cm³/mol. The average molecular weight is 445 g/mol. The smallest absolute Gasteiger partial charge is 0.274 e. The first-order valence-corrected chi connectivity index (χ1v) is 9.76. The molecule has 8 nitrogen and oxygen atoms in total. The van der Waals surface area contributed by atoms with Gasteiger partial charge in [-0.15, -0.1) is 0 Å². The van der Waals surface area contributed by atoms with Gasteiger partial charge in [-0.25, -0.2) is 13.8 Å². The normalized spacial score (nSPS) is 17.8. The molecule has 0 radical (unpaired) electrons. The van der Waals surface area contributed by atoms with E-state index in [4.69, 9.17) is 16.1 Å². The number of rotatable bonds is 4. The number of imidazole rings is 1. The van der Waals surface area contributed by atoms with Crippen LogP contribution in [0.3, 0.4) is 0 Å². The summed E-state index contributed by atoms with van der Waals surface area (Å²) in [6, 6.07) is 9.52. The maximum atomic E-state index is 13.4. The number of nitrogens with zero attached hydrogens (tertiary/aromatic N) is 4. The van der Waals surface area contributed by atoms with Crippen LogP contribution in [0.15, 0.2) is 53.3 Å². The van der Waals surface area contributed by atoms with E-state index in [9.17, 15) is 13.6 Å². The maximum absolute atomic E-state index is 13.4. The molecular weight excluding hydrogens is 430 g/mol. The molecule has 0 spiro atoms. The highest BCUT2D eigenvalue weighted by atomic mass is 35.5. The van der Waals surface area contributed by atoms with Gasteiger partial charge in [0.1, 0.15) is 11.3 Å². The van der Waals surface area contributed by atoms with E-state index in [0.29, 0.717) is 27.6 Å². The van der Waals surface area contributed by atoms with Crippen molar-refractivity contribution < 1.29 is 18.1 Å². The summed E-state index contributed by atoms with van der Waals surface area (Å²) in [5.74, 6) is -2.93. The van der Waals surface area contributed by atoms with Crippen LogP contribution in [0.5, 0.6) is 0 Å². The quantitative estimate of drug-likeness (QED) is 0.494. The number of aromatic nitrogens is 4. The molecule has 31 heavy (non-hydrogen) atoms. The van der Waals surface area contributed by atoms with Crippen molar-refractivity contribution in [3.63, 3.8) is 0 Å². The molecule has 1 fully saturated rings. The van der Waals surface area contributed by atoms with Crippen molar-refractivity contribution in [1.82, 2.24) is 24.8 Å². The molecule has 11 heteroatoms. The lowest BCUT2D eigenvalue weighted by molar-refractivity contribution is 0.0200. The summed E-state index contributed by atoms with van der Waals surface area (Å²) in [6.45, 7) is -0.435. The summed E-state index contributed by atoms with van der Waals surface area (Å²) < 4.78 is 33.7. The summed E-state index contributed by atoms with van der Waals surface area (Å²) in [5.41, 5.74) is 1.83. The molecule has 1 saturated heterocycles. The number of fused-ring (bicyclic) bond motifs is 1. The number of alkyl halides is 2. The van der Waals surface area contributed by atoms with Gasteiger partial charge < -0.3 is 9.84 Å². The average Bonchev–Trinajstić information content (AvgIpc) is 3.47. The number of carbonyl (C=O) groups is 1. The van der Waals surface area contributed by atoms with Crippen LogP contribution in [0.4, 0.5) is 14.5 Å². The molecule has 3 aromatic heterocycles. The standard InChI is InChI=1S/C20H15ClF2N6O2/c21-12-5-4-11(17-27-19(31-28-17)14-8-20(22,23)10-25-14)7-13(12)26-18(30)15-9-24-16-3-1-2-6-29(15)16/h1-7,9,14,25H,8,10H2,(H,26,30)/t14-/m0/s1. The van der Waals surface area contributed by atoms with E-state index in [1.54, 1.807) is 40.9 Å². The zero-order valence-corrected chi connectivity index (χ0v) is 16.6. The van der Waals surface area contributed by atoms with Gasteiger partial charge in [0, 0.05) is 18.2 Å². The SMILES string of the molecule is O=C(Nc1cc(-c2noc([C@@H]3CC(F)(F)CN3)n2)ccc1Cl)c1cnc2ccccn12. The van der Waals surface area contributed by atoms with Gasteiger partial charge in [-0.05, 0) is 30.3 Å². The minimum Gasteiger partial charge on any atom is -0.337 e. The second-order valence-corrected chi connectivity index (χ2v) is 7.58. The first kappa shape index (κ1) is 19.6. The van der Waals surface area contributed by atoms with Crippen molar-refractivity contribution >= 4 is 28.8 Å². The Morgan fingerprint density at radius 1 is 1.32 bits per heavy atom. The Labute approximate surface area is 179 Å². The molecular formula is C20H15ClF2N6O2. The molecule has 1 aliphatic heterocycles. The van der Waals surface area contributed by atoms with Gasteiger partial charge in [-0.1, -0.05) is 22.8 Å². The van der Waals surface area contributed by atoms with Crippen LogP contribution in [0.2, 0.25) is 5.02 Å². The van der Waals surface area contributed by atoms with Crippen molar-refractivity contribution in [2.75, 3.05) is 11.9 Å². The Kier molecular flexibility index (Phi) is 4.67. The molecule has 5 rings (SSSR count). The number of nitrogens with one attached hydrogen (secondary N) is 2. The summed E-state index contributed by atoms with van der Waals surface area (Å²) in [6.07, 6.45) is 2.80. The zero-order chi connectivity index (χ0) is 21.6. The number of anilines is 1. The minimum atomic E-state index is -2.81. The van der Waals surface area contributed by atoms with Gasteiger partial charge in [-0.3, -0.25) is 14.5 Å². The highest BCUT2D eigenvalue weighted by molar-refractivity contribution is 6.34. The predicted octanol–water partition coefficient (Wildman–Crippen LogP) is 3.96. The first-order valence-electron chi connectivity index (χ1n) is 9.38. The van der Waals surface area contributed by atoms with Gasteiger partial charge >= 0.3 is 0 Å². The molecule has 1 aromatic carbocycles. The van der Waals surface area contributed by atoms with Crippen molar-refractivity contribution in [1.29, 1.82) is 0 Å². The monoisotopic (exact) mass is 444 g/mol. The first-order chi connectivity index (χ1) is 14.9. The number of amides is 1. The molecule has 158 valence electrons. The van der Waals surface area contributed by atoms with E-state index in [1.165, 1.54) is 6.20 Å². The number of carbonyl (C=O) groups excluding carboxylic acids is 1. The number of benzene rings is 1. The Morgan fingerprint density at radius 2 is 2.19 bits per heavy atom. The summed E-state index contributed by atoms with van der Waals surface area (Å²) in [4.78, 5) is 21.2. The Bertz CT molecular complexity index is 1290. The third kappa shape index (κ3) is 3.75. The van der Waals surface area contributed by atoms with E-state index < -0.39 is 30.8 Å². The largest absolute Gasteiger partial charge is 0.337 e. The van der Waals surface area contributed by atoms with Gasteiger partial charge in [0.05, 0.1) is 29.5 Å². The number of halogens is 3. The fraction of sp³-hybridized carbons (Fsp3) is 0.200. The Balaban J connectivity index is 1.39. The Hall–Kier alpha value is -3.37. The van der Waals surface area contributed by atoms with Crippen molar-refractivity contribution in [3.8, 4) is 11.4 Å². The molecule has 0 saturated carbocycles. The van der Waals surface area contributed by atoms with Crippen molar-refractivity contribution in [3.05, 3.63) is 65.4 Å². The van der Waals surface area contributed by atoms with Gasteiger partial charge in [0.2, 0.25) is 11.7 Å². The van der Waals surface area contributed by atoms with Crippen LogP contribution in [0, 0.1) is 0 Å². The van der Waals surface area contributed by atoms with Gasteiger partial charge in [0.25, 0.3) is 11.8 Å². The van der Waals surface area contributed by atoms with E-state index in [-0.39, 0.29) is 11.7 Å². The number of hydrogen-bond acceptors (Lipinski definition) is 6. The van der Waals surface area contributed by atoms with Gasteiger partial charge in [0.15, 0.2) is 0 Å². The van der Waals surface area contributed by atoms with Crippen LogP contribution in [-0.2, 0) is 0 Å². The van der Waals surface area contributed by atoms with Crippen molar-refractivity contribution in [2.45, 2.75) is 18.4 Å². The fourth-order valence-corrected chi connectivity index (χ4v) is 3.60. The second kappa shape index (κ2) is 7.40. The Morgan fingerprint density at radius 3 is 3.00 bits per heavy atom. The van der Waals surface area contributed by atoms with Crippen LogP contribution in [0.1, 0.15) is 28.8 Å². The lowest BCUT2D eigenvalue weighted by Crippen LogP contribution is -2.19. The molecule has 4 heterocycles. The molecule has 4 aromatic rings. The summed E-state index contributed by atoms with van der Waals surface area (Å²) >= 11 is 6.25. The fourth-order valence-electron chi connectivity index (χ4n) is 3.43. The highest BCUT2D eigenvalue weighted by Gasteiger charge is 2.42. The third-order valence-corrected chi connectivity index (χ3v) is 5.30. The zero-order valence-electron chi connectivity index (χ0n) is 15.8. The number of pyridine rings is 1. The number of hydrogen-bond donors (Lipinski definition) is 2. The molecule has 0 unspecified atom stereocenters. The lowest BCUT2D eigenvalue weighted by atomic mass is 10.1. The van der Waals surface area contributed by atoms with Crippen LogP contribution >= 0.6 is 11.6 Å². The van der Waals surface area contributed by atoms with Crippen LogP contribution < -0.4 is 10.6 Å². The third-order valence-electron chi connectivity index (χ3n) is 4.97. The van der Waals surface area contributed by atoms with Crippen LogP contribution in [-0.4, -0.2) is 37.9 Å². The van der Waals surface area contributed by atoms with Gasteiger partial charge in [-0.2, -0.15) is 4.98 Å². The molecule has 2 N–H and O–H groups in total. The molecule has 0 aliphatic carbocycles. The summed E-state index contributed by atoms with van der Waals surface area (Å²) in [7, 11) is 0.